The smallest absolute Gasteiger partial charge is 0.213 e. The third-order valence-corrected chi connectivity index (χ3v) is 7.66. The summed E-state index contributed by atoms with van der Waals surface area (Å²) in [5.74, 6) is 0.930. The summed E-state index contributed by atoms with van der Waals surface area (Å²) >= 11 is 0. The maximum atomic E-state index is 12.0. The van der Waals surface area contributed by atoms with Gasteiger partial charge in [0.2, 0.25) is 10.0 Å². The molecule has 8 heteroatoms. The van der Waals surface area contributed by atoms with E-state index in [1.807, 2.05) is 6.92 Å². The van der Waals surface area contributed by atoms with Crippen LogP contribution >= 0.6 is 0 Å². The van der Waals surface area contributed by atoms with Crippen LogP contribution in [0.15, 0.2) is 4.99 Å². The lowest BCUT2D eigenvalue weighted by Gasteiger charge is -2.37. The molecule has 0 radical (unpaired) electrons. The van der Waals surface area contributed by atoms with Crippen LogP contribution in [0.1, 0.15) is 59.3 Å². The average Bonchev–Trinajstić information content (AvgIpc) is 2.63. The SMILES string of the molecule is CCNC(=NCC1(C)CCCCC1O)NC1CCN(S(=O)(=O)CC)CC1. The van der Waals surface area contributed by atoms with E-state index in [0.717, 1.165) is 51.0 Å². The maximum Gasteiger partial charge on any atom is 0.213 e. The first-order valence-corrected chi connectivity index (χ1v) is 11.6. The molecule has 26 heavy (non-hydrogen) atoms. The summed E-state index contributed by atoms with van der Waals surface area (Å²) in [4.78, 5) is 4.74. The van der Waals surface area contributed by atoms with Gasteiger partial charge in [0.25, 0.3) is 0 Å². The van der Waals surface area contributed by atoms with Crippen molar-refractivity contribution < 1.29 is 13.5 Å². The minimum absolute atomic E-state index is 0.154. The van der Waals surface area contributed by atoms with Gasteiger partial charge >= 0.3 is 0 Å². The third kappa shape index (κ3) is 5.57. The first-order chi connectivity index (χ1) is 12.3. The van der Waals surface area contributed by atoms with Gasteiger partial charge in [0.05, 0.1) is 18.4 Å². The van der Waals surface area contributed by atoms with Crippen molar-refractivity contribution in [2.24, 2.45) is 10.4 Å². The number of hydrogen-bond donors (Lipinski definition) is 3. The number of nitrogens with zero attached hydrogens (tertiary/aromatic N) is 2. The Morgan fingerprint density at radius 1 is 1.23 bits per heavy atom. The number of nitrogens with one attached hydrogen (secondary N) is 2. The Balaban J connectivity index is 1.92. The number of guanidine groups is 1. The maximum absolute atomic E-state index is 12.0. The molecule has 1 heterocycles. The molecular formula is C18H36N4O3S. The minimum atomic E-state index is -3.09. The van der Waals surface area contributed by atoms with Gasteiger partial charge in [0.1, 0.15) is 0 Å². The molecule has 2 unspecified atom stereocenters. The monoisotopic (exact) mass is 388 g/mol. The van der Waals surface area contributed by atoms with E-state index < -0.39 is 10.0 Å². The van der Waals surface area contributed by atoms with Gasteiger partial charge in [-0.05, 0) is 39.5 Å². The Morgan fingerprint density at radius 2 is 1.92 bits per heavy atom. The van der Waals surface area contributed by atoms with Crippen molar-refractivity contribution in [1.82, 2.24) is 14.9 Å². The highest BCUT2D eigenvalue weighted by Crippen LogP contribution is 2.36. The average molecular weight is 389 g/mol. The zero-order chi connectivity index (χ0) is 19.2. The molecule has 2 atom stereocenters. The van der Waals surface area contributed by atoms with Crippen molar-refractivity contribution in [3.63, 3.8) is 0 Å². The topological polar surface area (TPSA) is 94.0 Å². The summed E-state index contributed by atoms with van der Waals surface area (Å²) in [6, 6.07) is 0.222. The molecule has 2 aliphatic rings. The van der Waals surface area contributed by atoms with Crippen LogP contribution < -0.4 is 10.6 Å². The van der Waals surface area contributed by atoms with Crippen molar-refractivity contribution >= 4 is 16.0 Å². The molecule has 0 bridgehead atoms. The molecule has 2 fully saturated rings. The van der Waals surface area contributed by atoms with E-state index >= 15 is 0 Å². The molecule has 152 valence electrons. The zero-order valence-electron chi connectivity index (χ0n) is 16.5. The van der Waals surface area contributed by atoms with Crippen LogP contribution in [0.3, 0.4) is 0 Å². The molecule has 0 amide bonds. The zero-order valence-corrected chi connectivity index (χ0v) is 17.3. The molecule has 0 aromatic heterocycles. The summed E-state index contributed by atoms with van der Waals surface area (Å²) in [5.41, 5.74) is -0.154. The van der Waals surface area contributed by atoms with Crippen molar-refractivity contribution in [2.75, 3.05) is 31.9 Å². The summed E-state index contributed by atoms with van der Waals surface area (Å²) < 4.78 is 25.5. The van der Waals surface area contributed by atoms with Crippen LogP contribution in [0.25, 0.3) is 0 Å². The Kier molecular flexibility index (Phi) is 7.73. The highest BCUT2D eigenvalue weighted by molar-refractivity contribution is 7.89. The van der Waals surface area contributed by atoms with Crippen LogP contribution in [-0.4, -0.2) is 67.9 Å². The number of rotatable bonds is 6. The van der Waals surface area contributed by atoms with Crippen molar-refractivity contribution in [1.29, 1.82) is 0 Å². The van der Waals surface area contributed by atoms with Gasteiger partial charge < -0.3 is 15.7 Å². The summed E-state index contributed by atoms with van der Waals surface area (Å²) in [6.07, 6.45) is 5.39. The molecule has 0 aromatic carbocycles. The van der Waals surface area contributed by atoms with Crippen molar-refractivity contribution in [3.8, 4) is 0 Å². The van der Waals surface area contributed by atoms with Crippen LogP contribution in [0.2, 0.25) is 0 Å². The lowest BCUT2D eigenvalue weighted by molar-refractivity contribution is 0.00715. The lowest BCUT2D eigenvalue weighted by atomic mass is 9.73. The van der Waals surface area contributed by atoms with E-state index in [-0.39, 0.29) is 23.3 Å². The number of piperidine rings is 1. The number of hydrogen-bond acceptors (Lipinski definition) is 4. The Morgan fingerprint density at radius 3 is 2.50 bits per heavy atom. The quantitative estimate of drug-likeness (QED) is 0.471. The second-order valence-electron chi connectivity index (χ2n) is 7.83. The fourth-order valence-corrected chi connectivity index (χ4v) is 4.93. The molecule has 1 saturated heterocycles. The molecule has 2 rings (SSSR count). The van der Waals surface area contributed by atoms with Crippen molar-refractivity contribution in [3.05, 3.63) is 0 Å². The molecule has 1 aliphatic heterocycles. The lowest BCUT2D eigenvalue weighted by Crippen LogP contribution is -2.50. The number of aliphatic hydroxyl groups is 1. The van der Waals surface area contributed by atoms with Crippen molar-refractivity contribution in [2.45, 2.75) is 71.4 Å². The van der Waals surface area contributed by atoms with E-state index in [4.69, 9.17) is 4.99 Å². The predicted molar refractivity (Wildman–Crippen MR) is 106 cm³/mol. The Bertz CT molecular complexity index is 573. The Labute approximate surface area is 158 Å². The summed E-state index contributed by atoms with van der Waals surface area (Å²) in [5, 5.41) is 17.1. The van der Waals surface area contributed by atoms with Gasteiger partial charge in [0, 0.05) is 31.1 Å². The number of aliphatic imine (C=N–C) groups is 1. The van der Waals surface area contributed by atoms with Gasteiger partial charge in [-0.3, -0.25) is 4.99 Å². The van der Waals surface area contributed by atoms with Gasteiger partial charge in [-0.25, -0.2) is 12.7 Å². The molecule has 1 aliphatic carbocycles. The Hall–Kier alpha value is -0.860. The fraction of sp³-hybridized carbons (Fsp3) is 0.944. The standard InChI is InChI=1S/C18H36N4O3S/c1-4-19-17(20-14-18(3)11-7-6-8-16(18)23)21-15-9-12-22(13-10-15)26(24,25)5-2/h15-16,23H,4-14H2,1-3H3,(H2,19,20,21). The van der Waals surface area contributed by atoms with Crippen LogP contribution in [0.4, 0.5) is 0 Å². The molecule has 0 spiro atoms. The first kappa shape index (κ1) is 21.4. The minimum Gasteiger partial charge on any atom is -0.392 e. The molecule has 1 saturated carbocycles. The fourth-order valence-electron chi connectivity index (χ4n) is 3.80. The molecular weight excluding hydrogens is 352 g/mol. The second-order valence-corrected chi connectivity index (χ2v) is 10.1. The van der Waals surface area contributed by atoms with Crippen LogP contribution in [0, 0.1) is 5.41 Å². The van der Waals surface area contributed by atoms with Gasteiger partial charge in [-0.15, -0.1) is 0 Å². The van der Waals surface area contributed by atoms with Gasteiger partial charge in [-0.2, -0.15) is 0 Å². The predicted octanol–water partition coefficient (Wildman–Crippen LogP) is 1.30. The van der Waals surface area contributed by atoms with Gasteiger partial charge in [0.15, 0.2) is 5.96 Å². The number of aliphatic hydroxyl groups excluding tert-OH is 1. The normalized spacial score (nSPS) is 29.5. The first-order valence-electron chi connectivity index (χ1n) is 10.0. The highest BCUT2D eigenvalue weighted by atomic mass is 32.2. The van der Waals surface area contributed by atoms with Crippen LogP contribution in [-0.2, 0) is 10.0 Å². The van der Waals surface area contributed by atoms with E-state index in [0.29, 0.717) is 19.6 Å². The second kappa shape index (κ2) is 9.37. The third-order valence-electron chi connectivity index (χ3n) is 5.78. The summed E-state index contributed by atoms with van der Waals surface area (Å²) in [7, 11) is -3.09. The summed E-state index contributed by atoms with van der Waals surface area (Å²) in [6.45, 7) is 8.34. The van der Waals surface area contributed by atoms with Crippen LogP contribution in [0.5, 0.6) is 0 Å². The van der Waals surface area contributed by atoms with E-state index in [2.05, 4.69) is 17.6 Å². The molecule has 7 nitrogen and oxygen atoms in total. The molecule has 3 N–H and O–H groups in total. The van der Waals surface area contributed by atoms with Gasteiger partial charge in [-0.1, -0.05) is 19.8 Å². The highest BCUT2D eigenvalue weighted by Gasteiger charge is 2.35. The number of sulfonamides is 1. The molecule has 0 aromatic rings. The van der Waals surface area contributed by atoms with E-state index in [1.54, 1.807) is 11.2 Å². The van der Waals surface area contributed by atoms with E-state index in [9.17, 15) is 13.5 Å². The van der Waals surface area contributed by atoms with E-state index in [1.165, 1.54) is 0 Å². The largest absolute Gasteiger partial charge is 0.392 e.